The van der Waals surface area contributed by atoms with Crippen molar-refractivity contribution in [3.63, 3.8) is 0 Å². The molecule has 1 fully saturated rings. The summed E-state index contributed by atoms with van der Waals surface area (Å²) in [6.07, 6.45) is 1.37. The third kappa shape index (κ3) is 5.88. The molecule has 0 aliphatic carbocycles. The number of sulfonamides is 1. The maximum absolute atomic E-state index is 13.6. The van der Waals surface area contributed by atoms with E-state index in [2.05, 4.69) is 20.2 Å². The summed E-state index contributed by atoms with van der Waals surface area (Å²) in [5.74, 6) is 1.44. The molecule has 0 radical (unpaired) electrons. The van der Waals surface area contributed by atoms with E-state index in [1.807, 2.05) is 18.7 Å². The second-order valence-corrected chi connectivity index (χ2v) is 11.7. The zero-order valence-electron chi connectivity index (χ0n) is 23.3. The molecule has 0 unspecified atom stereocenters. The number of benzene rings is 1. The predicted molar refractivity (Wildman–Crippen MR) is 149 cm³/mol. The van der Waals surface area contributed by atoms with Crippen molar-refractivity contribution in [3.05, 3.63) is 46.0 Å². The van der Waals surface area contributed by atoms with Crippen molar-refractivity contribution in [1.82, 2.24) is 39.1 Å². The first-order chi connectivity index (χ1) is 19.7. The lowest BCUT2D eigenvalue weighted by atomic mass is 10.1. The Bertz CT molecular complexity index is 1690. The van der Waals surface area contributed by atoms with Gasteiger partial charge in [-0.2, -0.15) is 14.4 Å². The van der Waals surface area contributed by atoms with Crippen LogP contribution in [-0.4, -0.2) is 98.6 Å². The summed E-state index contributed by atoms with van der Waals surface area (Å²) in [6.45, 7) is 8.30. The van der Waals surface area contributed by atoms with E-state index in [1.165, 1.54) is 16.4 Å². The number of piperazine rings is 1. The van der Waals surface area contributed by atoms with E-state index < -0.39 is 15.6 Å². The van der Waals surface area contributed by atoms with Gasteiger partial charge in [-0.05, 0) is 31.5 Å². The Hall–Kier alpha value is -3.66. The predicted octanol–water partition coefficient (Wildman–Crippen LogP) is 1.18. The van der Waals surface area contributed by atoms with E-state index >= 15 is 0 Å². The van der Waals surface area contributed by atoms with Crippen LogP contribution < -0.4 is 10.3 Å². The molecule has 0 atom stereocenters. The van der Waals surface area contributed by atoms with Gasteiger partial charge in [0.25, 0.3) is 5.56 Å². The fourth-order valence-electron chi connectivity index (χ4n) is 4.97. The Morgan fingerprint density at radius 3 is 2.56 bits per heavy atom. The lowest BCUT2D eigenvalue weighted by molar-refractivity contribution is 0.151. The summed E-state index contributed by atoms with van der Waals surface area (Å²) in [4.78, 5) is 27.2. The molecule has 1 aliphatic heterocycles. The van der Waals surface area contributed by atoms with Crippen molar-refractivity contribution < 1.29 is 22.8 Å². The Balaban J connectivity index is 1.56. The van der Waals surface area contributed by atoms with Crippen LogP contribution in [0.15, 0.2) is 32.4 Å². The molecule has 4 aromatic rings. The van der Waals surface area contributed by atoms with Gasteiger partial charge in [0, 0.05) is 39.6 Å². The number of H-pyrrole nitrogens is 1. The highest BCUT2D eigenvalue weighted by atomic mass is 32.2. The number of nitrogens with one attached hydrogen (secondary N) is 1. The number of hydrogen-bond donors (Lipinski definition) is 2. The molecule has 0 spiro atoms. The highest BCUT2D eigenvalue weighted by Gasteiger charge is 2.30. The zero-order valence-corrected chi connectivity index (χ0v) is 24.1. The Kier molecular flexibility index (Phi) is 8.49. The number of rotatable bonds is 11. The quantitative estimate of drug-likeness (QED) is 0.258. The first kappa shape index (κ1) is 28.9. The first-order valence-electron chi connectivity index (χ1n) is 13.6. The molecule has 3 aromatic heterocycles. The summed E-state index contributed by atoms with van der Waals surface area (Å²) in [5, 5.41) is 17.6. The van der Waals surface area contributed by atoms with Gasteiger partial charge in [0.15, 0.2) is 11.3 Å². The molecule has 0 bridgehead atoms. The molecular formula is C26H34N8O6S. The van der Waals surface area contributed by atoms with E-state index in [0.717, 1.165) is 12.1 Å². The summed E-state index contributed by atoms with van der Waals surface area (Å²) in [6, 6.07) is 4.59. The van der Waals surface area contributed by atoms with E-state index in [-0.39, 0.29) is 29.4 Å². The minimum Gasteiger partial charge on any atom is -0.493 e. The molecule has 5 rings (SSSR count). The maximum Gasteiger partial charge on any atom is 0.279 e. The number of hydrogen-bond acceptors (Lipinski definition) is 11. The molecular weight excluding hydrogens is 552 g/mol. The summed E-state index contributed by atoms with van der Waals surface area (Å²) >= 11 is 0. The normalized spacial score (nSPS) is 15.1. The van der Waals surface area contributed by atoms with E-state index in [1.54, 1.807) is 17.7 Å². The van der Waals surface area contributed by atoms with Crippen LogP contribution in [0, 0.1) is 6.92 Å². The number of nitrogens with zero attached hydrogens (tertiary/aromatic N) is 7. The van der Waals surface area contributed by atoms with Gasteiger partial charge >= 0.3 is 0 Å². The second-order valence-electron chi connectivity index (χ2n) is 9.76. The molecule has 1 aliphatic rings. The molecule has 0 amide bonds. The van der Waals surface area contributed by atoms with Gasteiger partial charge in [0.05, 0.1) is 29.4 Å². The lowest BCUT2D eigenvalue weighted by Crippen LogP contribution is -2.49. The van der Waals surface area contributed by atoms with Crippen LogP contribution in [0.5, 0.6) is 5.75 Å². The average molecular weight is 587 g/mol. The van der Waals surface area contributed by atoms with Crippen LogP contribution in [0.1, 0.15) is 37.7 Å². The SMILES string of the molecule is CCCc1c2nc(-c3cc(S(=O)(=O)N4CCN(CCO)CC4)ccc3OCC)[nH]c(=O)c2nn1Cc1noc(C)n1. The van der Waals surface area contributed by atoms with Gasteiger partial charge < -0.3 is 19.4 Å². The topological polar surface area (TPSA) is 173 Å². The third-order valence-corrected chi connectivity index (χ3v) is 8.83. The van der Waals surface area contributed by atoms with Gasteiger partial charge in [-0.3, -0.25) is 14.4 Å². The van der Waals surface area contributed by atoms with Crippen molar-refractivity contribution in [3.8, 4) is 17.1 Å². The van der Waals surface area contributed by atoms with E-state index in [9.17, 15) is 18.3 Å². The van der Waals surface area contributed by atoms with Crippen LogP contribution in [0.2, 0.25) is 0 Å². The minimum atomic E-state index is -3.83. The highest BCUT2D eigenvalue weighted by molar-refractivity contribution is 7.89. The molecule has 1 saturated heterocycles. The van der Waals surface area contributed by atoms with Gasteiger partial charge in [0.1, 0.15) is 23.6 Å². The number of ether oxygens (including phenoxy) is 1. The number of aliphatic hydroxyl groups is 1. The summed E-state index contributed by atoms with van der Waals surface area (Å²) < 4.78 is 41.2. The average Bonchev–Trinajstić information content (AvgIpc) is 3.52. The number of β-amino-alcohol motifs (C(OH)–C–C–N with tert-alkyl or cyclic N) is 1. The standard InChI is InChI=1S/C26H34N8O6S/c1-4-6-20-23-24(30-34(20)16-22-27-17(3)40-31-22)26(36)29-25(28-23)19-15-18(7-8-21(19)39-5-2)41(37,38)33-11-9-32(10-12-33)13-14-35/h7-8,15,35H,4-6,9-14,16H2,1-3H3,(H,28,29,36). The van der Waals surface area contributed by atoms with Crippen LogP contribution >= 0.6 is 0 Å². The number of fused-ring (bicyclic) bond motifs is 1. The first-order valence-corrected chi connectivity index (χ1v) is 15.1. The van der Waals surface area contributed by atoms with Crippen molar-refractivity contribution in [1.29, 1.82) is 0 Å². The third-order valence-electron chi connectivity index (χ3n) is 6.94. The van der Waals surface area contributed by atoms with Gasteiger partial charge in [0.2, 0.25) is 15.9 Å². The maximum atomic E-state index is 13.6. The Morgan fingerprint density at radius 1 is 1.12 bits per heavy atom. The minimum absolute atomic E-state index is 0.0280. The zero-order chi connectivity index (χ0) is 29.1. The van der Waals surface area contributed by atoms with Crippen LogP contribution in [0.3, 0.4) is 0 Å². The molecule has 0 saturated carbocycles. The largest absolute Gasteiger partial charge is 0.493 e. The highest BCUT2D eigenvalue weighted by Crippen LogP contribution is 2.32. The van der Waals surface area contributed by atoms with Crippen molar-refractivity contribution in [2.45, 2.75) is 45.1 Å². The second kappa shape index (κ2) is 12.1. The number of aryl methyl sites for hydroxylation is 2. The molecule has 41 heavy (non-hydrogen) atoms. The van der Waals surface area contributed by atoms with Gasteiger partial charge in [-0.25, -0.2) is 13.4 Å². The lowest BCUT2D eigenvalue weighted by Gasteiger charge is -2.33. The fraction of sp³-hybridized carbons (Fsp3) is 0.500. The monoisotopic (exact) mass is 586 g/mol. The van der Waals surface area contributed by atoms with Gasteiger partial charge in [-0.15, -0.1) is 0 Å². The molecule has 15 heteroatoms. The van der Waals surface area contributed by atoms with Crippen molar-refractivity contribution in [2.75, 3.05) is 45.9 Å². The number of aromatic nitrogens is 6. The molecule has 220 valence electrons. The smallest absolute Gasteiger partial charge is 0.279 e. The van der Waals surface area contributed by atoms with E-state index in [4.69, 9.17) is 14.2 Å². The van der Waals surface area contributed by atoms with Crippen LogP contribution in [0.4, 0.5) is 0 Å². The molecule has 14 nitrogen and oxygen atoms in total. The fourth-order valence-corrected chi connectivity index (χ4v) is 6.42. The van der Waals surface area contributed by atoms with E-state index in [0.29, 0.717) is 74.3 Å². The molecule has 4 heterocycles. The molecule has 1 aromatic carbocycles. The number of aliphatic hydroxyl groups excluding tert-OH is 1. The Labute approximate surface area is 237 Å². The summed E-state index contributed by atoms with van der Waals surface area (Å²) in [5.41, 5.74) is 1.22. The Morgan fingerprint density at radius 2 is 1.90 bits per heavy atom. The molecule has 2 N–H and O–H groups in total. The van der Waals surface area contributed by atoms with Crippen LogP contribution in [-0.2, 0) is 23.0 Å². The summed E-state index contributed by atoms with van der Waals surface area (Å²) in [7, 11) is -3.83. The van der Waals surface area contributed by atoms with Gasteiger partial charge in [-0.1, -0.05) is 18.5 Å². The van der Waals surface area contributed by atoms with Crippen molar-refractivity contribution in [2.24, 2.45) is 0 Å². The van der Waals surface area contributed by atoms with Crippen LogP contribution in [0.25, 0.3) is 22.4 Å². The van der Waals surface area contributed by atoms with Crippen molar-refractivity contribution >= 4 is 21.1 Å². The number of aromatic amines is 1.